The smallest absolute Gasteiger partial charge is 0.257 e. The van der Waals surface area contributed by atoms with Crippen LogP contribution in [0.4, 0.5) is 8.78 Å². The lowest BCUT2D eigenvalue weighted by atomic mass is 10.1. The SMILES string of the molecule is CCNC(=NCC(F)F)NC(C)Cc1c(C)nn(C)c1C. The Hall–Kier alpha value is -1.66. The minimum atomic E-state index is -2.43. The van der Waals surface area contributed by atoms with Gasteiger partial charge in [-0.3, -0.25) is 4.68 Å². The van der Waals surface area contributed by atoms with Crippen molar-refractivity contribution in [2.75, 3.05) is 13.1 Å². The summed E-state index contributed by atoms with van der Waals surface area (Å²) in [5.74, 6) is 0.421. The Morgan fingerprint density at radius 1 is 1.38 bits per heavy atom. The first-order valence-electron chi connectivity index (χ1n) is 7.17. The van der Waals surface area contributed by atoms with Crippen LogP contribution in [0, 0.1) is 13.8 Å². The summed E-state index contributed by atoms with van der Waals surface area (Å²) >= 11 is 0. The predicted octanol–water partition coefficient (Wildman–Crippen LogP) is 1.79. The summed E-state index contributed by atoms with van der Waals surface area (Å²) in [6.45, 7) is 8.05. The van der Waals surface area contributed by atoms with Crippen LogP contribution in [0.25, 0.3) is 0 Å². The molecule has 1 rings (SSSR count). The minimum absolute atomic E-state index is 0.0714. The van der Waals surface area contributed by atoms with Gasteiger partial charge in [-0.05, 0) is 39.7 Å². The van der Waals surface area contributed by atoms with Gasteiger partial charge in [0.25, 0.3) is 6.43 Å². The normalized spacial score (nSPS) is 13.6. The van der Waals surface area contributed by atoms with Crippen LogP contribution in [-0.4, -0.2) is 41.3 Å². The highest BCUT2D eigenvalue weighted by Crippen LogP contribution is 2.14. The highest BCUT2D eigenvalue weighted by molar-refractivity contribution is 5.80. The molecule has 5 nitrogen and oxygen atoms in total. The van der Waals surface area contributed by atoms with Crippen LogP contribution in [0.2, 0.25) is 0 Å². The van der Waals surface area contributed by atoms with Gasteiger partial charge in [0, 0.05) is 25.3 Å². The third-order valence-electron chi connectivity index (χ3n) is 3.28. The highest BCUT2D eigenvalue weighted by atomic mass is 19.3. The Kier molecular flexibility index (Phi) is 6.58. The van der Waals surface area contributed by atoms with Crippen molar-refractivity contribution < 1.29 is 8.78 Å². The molecule has 21 heavy (non-hydrogen) atoms. The van der Waals surface area contributed by atoms with E-state index >= 15 is 0 Å². The first-order valence-corrected chi connectivity index (χ1v) is 7.17. The van der Waals surface area contributed by atoms with Crippen LogP contribution in [0.1, 0.15) is 30.8 Å². The second-order valence-corrected chi connectivity index (χ2v) is 5.13. The first-order chi connectivity index (χ1) is 9.85. The van der Waals surface area contributed by atoms with Crippen molar-refractivity contribution in [3.63, 3.8) is 0 Å². The molecule has 0 spiro atoms. The number of aromatic nitrogens is 2. The van der Waals surface area contributed by atoms with E-state index in [9.17, 15) is 8.78 Å². The van der Waals surface area contributed by atoms with Crippen molar-refractivity contribution in [3.05, 3.63) is 17.0 Å². The lowest BCUT2D eigenvalue weighted by molar-refractivity contribution is 0.158. The van der Waals surface area contributed by atoms with E-state index in [2.05, 4.69) is 20.7 Å². The third kappa shape index (κ3) is 5.32. The maximum Gasteiger partial charge on any atom is 0.257 e. The molecule has 120 valence electrons. The molecule has 1 unspecified atom stereocenters. The Bertz CT molecular complexity index is 482. The van der Waals surface area contributed by atoms with Gasteiger partial charge in [-0.15, -0.1) is 0 Å². The van der Waals surface area contributed by atoms with Crippen LogP contribution in [0.15, 0.2) is 4.99 Å². The molecular weight excluding hydrogens is 276 g/mol. The molecule has 0 radical (unpaired) electrons. The largest absolute Gasteiger partial charge is 0.357 e. The molecule has 0 fully saturated rings. The lowest BCUT2D eigenvalue weighted by Crippen LogP contribution is -2.43. The predicted molar refractivity (Wildman–Crippen MR) is 81.0 cm³/mol. The molecule has 0 saturated carbocycles. The van der Waals surface area contributed by atoms with Gasteiger partial charge in [0.05, 0.1) is 5.69 Å². The summed E-state index contributed by atoms with van der Waals surface area (Å²) in [5, 5.41) is 10.5. The van der Waals surface area contributed by atoms with Crippen molar-refractivity contribution in [2.24, 2.45) is 12.0 Å². The fourth-order valence-electron chi connectivity index (χ4n) is 2.18. The fourth-order valence-corrected chi connectivity index (χ4v) is 2.18. The van der Waals surface area contributed by atoms with Gasteiger partial charge in [0.2, 0.25) is 0 Å². The van der Waals surface area contributed by atoms with Crippen LogP contribution in [0.3, 0.4) is 0 Å². The van der Waals surface area contributed by atoms with Gasteiger partial charge in [-0.2, -0.15) is 5.10 Å². The molecule has 0 amide bonds. The zero-order chi connectivity index (χ0) is 16.0. The number of nitrogens with one attached hydrogen (secondary N) is 2. The molecular formula is C14H25F2N5. The van der Waals surface area contributed by atoms with Crippen LogP contribution in [-0.2, 0) is 13.5 Å². The second-order valence-electron chi connectivity index (χ2n) is 5.13. The number of hydrogen-bond acceptors (Lipinski definition) is 2. The summed E-state index contributed by atoms with van der Waals surface area (Å²) in [7, 11) is 1.91. The zero-order valence-corrected chi connectivity index (χ0v) is 13.4. The van der Waals surface area contributed by atoms with Gasteiger partial charge >= 0.3 is 0 Å². The number of alkyl halides is 2. The van der Waals surface area contributed by atoms with Crippen LogP contribution < -0.4 is 10.6 Å². The molecule has 7 heteroatoms. The maximum atomic E-state index is 12.3. The Balaban J connectivity index is 2.69. The molecule has 0 aliphatic rings. The van der Waals surface area contributed by atoms with Crippen molar-refractivity contribution >= 4 is 5.96 Å². The fraction of sp³-hybridized carbons (Fsp3) is 0.714. The summed E-state index contributed by atoms with van der Waals surface area (Å²) in [6, 6.07) is 0.0714. The molecule has 1 aromatic rings. The van der Waals surface area contributed by atoms with Crippen molar-refractivity contribution in [1.29, 1.82) is 0 Å². The van der Waals surface area contributed by atoms with E-state index in [1.54, 1.807) is 0 Å². The topological polar surface area (TPSA) is 54.2 Å². The van der Waals surface area contributed by atoms with Crippen molar-refractivity contribution in [1.82, 2.24) is 20.4 Å². The molecule has 0 bridgehead atoms. The third-order valence-corrected chi connectivity index (χ3v) is 3.28. The van der Waals surface area contributed by atoms with E-state index in [0.717, 1.165) is 17.8 Å². The number of hydrogen-bond donors (Lipinski definition) is 2. The molecule has 0 saturated heterocycles. The number of nitrogens with zero attached hydrogens (tertiary/aromatic N) is 3. The maximum absolute atomic E-state index is 12.3. The number of rotatable bonds is 6. The summed E-state index contributed by atoms with van der Waals surface area (Å²) in [6.07, 6.45) is -1.66. The quantitative estimate of drug-likeness (QED) is 0.622. The minimum Gasteiger partial charge on any atom is -0.357 e. The number of halogens is 2. The molecule has 0 aromatic carbocycles. The molecule has 1 atom stereocenters. The van der Waals surface area contributed by atoms with E-state index in [-0.39, 0.29) is 6.04 Å². The van der Waals surface area contributed by atoms with Gasteiger partial charge in [-0.1, -0.05) is 0 Å². The molecule has 2 N–H and O–H groups in total. The standard InChI is InChI=1S/C14H25F2N5/c1-6-17-14(18-8-13(15)16)19-9(2)7-12-10(3)20-21(5)11(12)4/h9,13H,6-8H2,1-5H3,(H2,17,18,19). The van der Waals surface area contributed by atoms with Gasteiger partial charge in [0.1, 0.15) is 6.54 Å². The highest BCUT2D eigenvalue weighted by Gasteiger charge is 2.14. The Morgan fingerprint density at radius 2 is 2.05 bits per heavy atom. The van der Waals surface area contributed by atoms with Crippen LogP contribution in [0.5, 0.6) is 0 Å². The first kappa shape index (κ1) is 17.4. The number of aryl methyl sites for hydroxylation is 2. The van der Waals surface area contributed by atoms with E-state index in [4.69, 9.17) is 0 Å². The van der Waals surface area contributed by atoms with E-state index in [1.807, 2.05) is 39.4 Å². The van der Waals surface area contributed by atoms with E-state index < -0.39 is 13.0 Å². The summed E-state index contributed by atoms with van der Waals surface area (Å²) < 4.78 is 26.4. The lowest BCUT2D eigenvalue weighted by Gasteiger charge is -2.18. The van der Waals surface area contributed by atoms with E-state index in [0.29, 0.717) is 12.5 Å². The van der Waals surface area contributed by atoms with Gasteiger partial charge < -0.3 is 10.6 Å². The average Bonchev–Trinajstić information content (AvgIpc) is 2.63. The number of aliphatic imine (C=N–C) groups is 1. The molecule has 0 aliphatic heterocycles. The summed E-state index contributed by atoms with van der Waals surface area (Å²) in [4.78, 5) is 3.87. The van der Waals surface area contributed by atoms with Crippen molar-refractivity contribution in [3.8, 4) is 0 Å². The number of guanidine groups is 1. The Morgan fingerprint density at radius 3 is 2.52 bits per heavy atom. The van der Waals surface area contributed by atoms with E-state index in [1.165, 1.54) is 5.56 Å². The van der Waals surface area contributed by atoms with Gasteiger partial charge in [0.15, 0.2) is 5.96 Å². The molecule has 1 aromatic heterocycles. The van der Waals surface area contributed by atoms with Crippen molar-refractivity contribution in [2.45, 2.75) is 46.6 Å². The molecule has 0 aliphatic carbocycles. The summed E-state index contributed by atoms with van der Waals surface area (Å²) in [5.41, 5.74) is 3.30. The Labute approximate surface area is 124 Å². The van der Waals surface area contributed by atoms with Crippen LogP contribution >= 0.6 is 0 Å². The zero-order valence-electron chi connectivity index (χ0n) is 13.4. The van der Waals surface area contributed by atoms with Gasteiger partial charge in [-0.25, -0.2) is 13.8 Å². The second kappa shape index (κ2) is 7.95. The monoisotopic (exact) mass is 301 g/mol. The average molecular weight is 301 g/mol. The molecule has 1 heterocycles.